The summed E-state index contributed by atoms with van der Waals surface area (Å²) in [5, 5.41) is 0. The zero-order chi connectivity index (χ0) is 16.8. The fourth-order valence-electron chi connectivity index (χ4n) is 3.76. The van der Waals surface area contributed by atoms with E-state index >= 15 is 0 Å². The topological polar surface area (TPSA) is 48.9 Å². The van der Waals surface area contributed by atoms with Crippen molar-refractivity contribution in [2.45, 2.75) is 12.8 Å². The Kier molecular flexibility index (Phi) is 6.04. The molecule has 0 N–H and O–H groups in total. The smallest absolute Gasteiger partial charge is 0.319 e. The number of anilines is 1. The minimum Gasteiger partial charge on any atom is -0.468 e. The molecular formula is C18H28N4O2. The van der Waals surface area contributed by atoms with Crippen LogP contribution in [0.1, 0.15) is 12.8 Å². The molecule has 3 heterocycles. The van der Waals surface area contributed by atoms with Gasteiger partial charge in [-0.15, -0.1) is 0 Å². The molecule has 1 aromatic rings. The van der Waals surface area contributed by atoms with E-state index in [0.717, 1.165) is 51.6 Å². The molecule has 0 aliphatic carbocycles. The molecule has 3 rings (SSSR count). The first-order valence-electron chi connectivity index (χ1n) is 8.92. The summed E-state index contributed by atoms with van der Waals surface area (Å²) in [6.45, 7) is 7.84. The first kappa shape index (κ1) is 17.2. The van der Waals surface area contributed by atoms with Crippen LogP contribution in [0, 0.1) is 5.92 Å². The van der Waals surface area contributed by atoms with Gasteiger partial charge in [-0.05, 0) is 37.4 Å². The number of esters is 1. The third kappa shape index (κ3) is 4.68. The lowest BCUT2D eigenvalue weighted by atomic mass is 9.97. The van der Waals surface area contributed by atoms with Gasteiger partial charge in [0.1, 0.15) is 5.82 Å². The highest BCUT2D eigenvalue weighted by atomic mass is 16.5. The number of piperazine rings is 1. The third-order valence-electron chi connectivity index (χ3n) is 5.05. The minimum atomic E-state index is -0.125. The summed E-state index contributed by atoms with van der Waals surface area (Å²) in [4.78, 5) is 23.1. The van der Waals surface area contributed by atoms with E-state index in [1.54, 1.807) is 0 Å². The van der Waals surface area contributed by atoms with Crippen LogP contribution in [-0.2, 0) is 9.53 Å². The molecule has 132 valence electrons. The van der Waals surface area contributed by atoms with Crippen molar-refractivity contribution < 1.29 is 9.53 Å². The van der Waals surface area contributed by atoms with Crippen molar-refractivity contribution in [1.29, 1.82) is 0 Å². The summed E-state index contributed by atoms with van der Waals surface area (Å²) >= 11 is 0. The van der Waals surface area contributed by atoms with Crippen molar-refractivity contribution in [3.63, 3.8) is 0 Å². The lowest BCUT2D eigenvalue weighted by molar-refractivity contribution is -0.142. The maximum absolute atomic E-state index is 11.5. The molecule has 0 unspecified atom stereocenters. The van der Waals surface area contributed by atoms with Crippen LogP contribution < -0.4 is 4.90 Å². The molecule has 6 heteroatoms. The summed E-state index contributed by atoms with van der Waals surface area (Å²) in [5.74, 6) is 1.61. The van der Waals surface area contributed by atoms with Crippen LogP contribution in [0.5, 0.6) is 0 Å². The van der Waals surface area contributed by atoms with E-state index in [9.17, 15) is 4.79 Å². The van der Waals surface area contributed by atoms with Gasteiger partial charge in [-0.25, -0.2) is 4.98 Å². The van der Waals surface area contributed by atoms with Crippen LogP contribution in [0.4, 0.5) is 5.82 Å². The monoisotopic (exact) mass is 332 g/mol. The van der Waals surface area contributed by atoms with E-state index in [4.69, 9.17) is 4.74 Å². The van der Waals surface area contributed by atoms with Gasteiger partial charge in [0.05, 0.1) is 13.7 Å². The van der Waals surface area contributed by atoms with Crippen LogP contribution >= 0.6 is 0 Å². The van der Waals surface area contributed by atoms with E-state index in [-0.39, 0.29) is 5.97 Å². The van der Waals surface area contributed by atoms with Crippen LogP contribution in [0.3, 0.4) is 0 Å². The van der Waals surface area contributed by atoms with Crippen molar-refractivity contribution in [2.75, 3.05) is 64.4 Å². The van der Waals surface area contributed by atoms with Gasteiger partial charge >= 0.3 is 5.97 Å². The average Bonchev–Trinajstić information content (AvgIpc) is 2.63. The molecule has 0 saturated carbocycles. The van der Waals surface area contributed by atoms with Crippen LogP contribution in [0.15, 0.2) is 24.4 Å². The SMILES string of the molecule is COC(=O)CN1CCC[C@@H](CN2CCN(c3ccccn3)CC2)C1. The van der Waals surface area contributed by atoms with Gasteiger partial charge in [0.2, 0.25) is 0 Å². The number of hydrogen-bond acceptors (Lipinski definition) is 6. The summed E-state index contributed by atoms with van der Waals surface area (Å²) in [5.41, 5.74) is 0. The second kappa shape index (κ2) is 8.44. The lowest BCUT2D eigenvalue weighted by Crippen LogP contribution is -2.50. The zero-order valence-corrected chi connectivity index (χ0v) is 14.6. The number of ether oxygens (including phenoxy) is 1. The van der Waals surface area contributed by atoms with Crippen LogP contribution in [-0.4, -0.2) is 80.2 Å². The molecule has 0 amide bonds. The summed E-state index contributed by atoms with van der Waals surface area (Å²) in [6.07, 6.45) is 4.30. The van der Waals surface area contributed by atoms with Gasteiger partial charge in [0.15, 0.2) is 0 Å². The minimum absolute atomic E-state index is 0.125. The zero-order valence-electron chi connectivity index (χ0n) is 14.6. The number of nitrogens with zero attached hydrogens (tertiary/aromatic N) is 4. The highest BCUT2D eigenvalue weighted by Gasteiger charge is 2.25. The Bertz CT molecular complexity index is 517. The second-order valence-electron chi connectivity index (χ2n) is 6.80. The standard InChI is InChI=1S/C18H28N4O2/c1-24-18(23)15-21-8-4-5-16(14-21)13-20-9-11-22(12-10-20)17-6-2-3-7-19-17/h2-3,6-7,16H,4-5,8-15H2,1H3/t16-/m0/s1. The molecule has 0 aromatic carbocycles. The number of methoxy groups -OCH3 is 1. The highest BCUT2D eigenvalue weighted by Crippen LogP contribution is 2.19. The van der Waals surface area contributed by atoms with Crippen LogP contribution in [0.2, 0.25) is 0 Å². The molecule has 6 nitrogen and oxygen atoms in total. The molecule has 2 fully saturated rings. The fraction of sp³-hybridized carbons (Fsp3) is 0.667. The quantitative estimate of drug-likeness (QED) is 0.753. The van der Waals surface area contributed by atoms with Crippen molar-refractivity contribution in [1.82, 2.24) is 14.8 Å². The Morgan fingerprint density at radius 2 is 2.04 bits per heavy atom. The van der Waals surface area contributed by atoms with Gasteiger partial charge in [0, 0.05) is 45.5 Å². The second-order valence-corrected chi connectivity index (χ2v) is 6.80. The summed E-state index contributed by atoms with van der Waals surface area (Å²) < 4.78 is 4.79. The fourth-order valence-corrected chi connectivity index (χ4v) is 3.76. The molecule has 24 heavy (non-hydrogen) atoms. The number of hydrogen-bond donors (Lipinski definition) is 0. The highest BCUT2D eigenvalue weighted by molar-refractivity contribution is 5.71. The number of aromatic nitrogens is 1. The molecular weight excluding hydrogens is 304 g/mol. The van der Waals surface area contributed by atoms with Gasteiger partial charge in [-0.3, -0.25) is 14.6 Å². The van der Waals surface area contributed by atoms with Gasteiger partial charge in [-0.2, -0.15) is 0 Å². The van der Waals surface area contributed by atoms with E-state index in [1.807, 2.05) is 18.3 Å². The van der Waals surface area contributed by atoms with Gasteiger partial charge in [0.25, 0.3) is 0 Å². The molecule has 0 bridgehead atoms. The number of pyridine rings is 1. The molecule has 0 spiro atoms. The van der Waals surface area contributed by atoms with Crippen molar-refractivity contribution in [3.8, 4) is 0 Å². The predicted octanol–water partition coefficient (Wildman–Crippen LogP) is 1.09. The molecule has 1 aromatic heterocycles. The number of carbonyl (C=O) groups is 1. The Labute approximate surface area is 144 Å². The molecule has 2 aliphatic heterocycles. The van der Waals surface area contributed by atoms with E-state index in [0.29, 0.717) is 12.5 Å². The Balaban J connectivity index is 1.43. The molecule has 1 atom stereocenters. The van der Waals surface area contributed by atoms with E-state index in [1.165, 1.54) is 20.0 Å². The first-order valence-corrected chi connectivity index (χ1v) is 8.92. The Morgan fingerprint density at radius 1 is 1.21 bits per heavy atom. The normalized spacial score (nSPS) is 23.2. The first-order chi connectivity index (χ1) is 11.7. The predicted molar refractivity (Wildman–Crippen MR) is 94.1 cm³/mol. The summed E-state index contributed by atoms with van der Waals surface area (Å²) in [7, 11) is 1.46. The van der Waals surface area contributed by atoms with E-state index in [2.05, 4.69) is 25.8 Å². The maximum Gasteiger partial charge on any atom is 0.319 e. The molecule has 0 radical (unpaired) electrons. The van der Waals surface area contributed by atoms with Gasteiger partial charge < -0.3 is 9.64 Å². The Hall–Kier alpha value is -1.66. The number of rotatable bonds is 5. The van der Waals surface area contributed by atoms with Crippen LogP contribution in [0.25, 0.3) is 0 Å². The summed E-state index contributed by atoms with van der Waals surface area (Å²) in [6, 6.07) is 6.09. The molecule has 2 saturated heterocycles. The number of piperidine rings is 1. The van der Waals surface area contributed by atoms with Crippen molar-refractivity contribution in [3.05, 3.63) is 24.4 Å². The lowest BCUT2D eigenvalue weighted by Gasteiger charge is -2.39. The third-order valence-corrected chi connectivity index (χ3v) is 5.05. The largest absolute Gasteiger partial charge is 0.468 e. The number of carbonyl (C=O) groups excluding carboxylic acids is 1. The average molecular weight is 332 g/mol. The van der Waals surface area contributed by atoms with Gasteiger partial charge in [-0.1, -0.05) is 6.07 Å². The number of likely N-dealkylation sites (tertiary alicyclic amines) is 1. The maximum atomic E-state index is 11.5. The van der Waals surface area contributed by atoms with Crippen molar-refractivity contribution >= 4 is 11.8 Å². The Morgan fingerprint density at radius 3 is 2.75 bits per heavy atom. The van der Waals surface area contributed by atoms with E-state index < -0.39 is 0 Å². The molecule has 2 aliphatic rings. The van der Waals surface area contributed by atoms with Crippen molar-refractivity contribution in [2.24, 2.45) is 5.92 Å².